The molecule has 94 valence electrons. The molecule has 0 spiro atoms. The zero-order valence-corrected chi connectivity index (χ0v) is 11.0. The molecule has 1 fully saturated rings. The number of carbonyl (C=O) groups is 1. The number of nitrogens with two attached hydrogens (primary N) is 1. The molecule has 0 bridgehead atoms. The van der Waals surface area contributed by atoms with Crippen LogP contribution in [0.1, 0.15) is 59.3 Å². The highest BCUT2D eigenvalue weighted by Crippen LogP contribution is 2.27. The first-order valence-corrected chi connectivity index (χ1v) is 6.56. The fourth-order valence-corrected chi connectivity index (χ4v) is 2.42. The number of hydrogen-bond donors (Lipinski definition) is 1. The Bertz CT molecular complexity index is 238. The van der Waals surface area contributed by atoms with Crippen LogP contribution in [-0.2, 0) is 4.79 Å². The maximum atomic E-state index is 12.1. The third-order valence-electron chi connectivity index (χ3n) is 3.80. The molecule has 0 aromatic heterocycles. The van der Waals surface area contributed by atoms with Crippen LogP contribution in [0, 0.1) is 0 Å². The molecule has 3 nitrogen and oxygen atoms in total. The number of unbranched alkanes of at least 4 members (excludes halogenated alkanes) is 2. The molecule has 1 saturated heterocycles. The summed E-state index contributed by atoms with van der Waals surface area (Å²) in [6, 6.07) is 0.122. The van der Waals surface area contributed by atoms with Crippen LogP contribution < -0.4 is 5.73 Å². The van der Waals surface area contributed by atoms with E-state index in [1.54, 1.807) is 0 Å². The monoisotopic (exact) mass is 226 g/mol. The third-order valence-corrected chi connectivity index (χ3v) is 3.80. The lowest BCUT2D eigenvalue weighted by Crippen LogP contribution is -2.61. The van der Waals surface area contributed by atoms with Crippen LogP contribution in [0.2, 0.25) is 0 Å². The van der Waals surface area contributed by atoms with Crippen molar-refractivity contribution in [3.05, 3.63) is 0 Å². The Morgan fingerprint density at radius 2 is 2.12 bits per heavy atom. The van der Waals surface area contributed by atoms with Gasteiger partial charge in [0.1, 0.15) is 0 Å². The number of hydrogen-bond acceptors (Lipinski definition) is 2. The van der Waals surface area contributed by atoms with Gasteiger partial charge in [0.2, 0.25) is 5.91 Å². The number of amides is 1. The summed E-state index contributed by atoms with van der Waals surface area (Å²) in [6.45, 7) is 7.22. The second kappa shape index (κ2) is 5.67. The lowest BCUT2D eigenvalue weighted by molar-refractivity contribution is -0.139. The van der Waals surface area contributed by atoms with E-state index in [4.69, 9.17) is 5.73 Å². The number of carbonyl (C=O) groups excluding carboxylic acids is 1. The molecule has 0 aromatic rings. The SMILES string of the molecule is CCCCCC(=O)N1CCCC(N)C1(C)C. The second-order valence-corrected chi connectivity index (χ2v) is 5.40. The van der Waals surface area contributed by atoms with Gasteiger partial charge in [-0.1, -0.05) is 19.8 Å². The molecular formula is C13H26N2O. The average Bonchev–Trinajstić information content (AvgIpc) is 2.22. The van der Waals surface area contributed by atoms with Crippen LogP contribution >= 0.6 is 0 Å². The van der Waals surface area contributed by atoms with Gasteiger partial charge < -0.3 is 10.6 Å². The molecule has 0 saturated carbocycles. The maximum Gasteiger partial charge on any atom is 0.223 e. The highest BCUT2D eigenvalue weighted by molar-refractivity contribution is 5.77. The van der Waals surface area contributed by atoms with Gasteiger partial charge in [-0.05, 0) is 33.1 Å². The Morgan fingerprint density at radius 1 is 1.44 bits per heavy atom. The number of piperidine rings is 1. The molecule has 0 aromatic carbocycles. The molecule has 0 radical (unpaired) electrons. The molecule has 0 aliphatic carbocycles. The normalized spacial score (nSPS) is 24.5. The summed E-state index contributed by atoms with van der Waals surface area (Å²) in [5.74, 6) is 0.286. The van der Waals surface area contributed by atoms with Crippen molar-refractivity contribution < 1.29 is 4.79 Å². The largest absolute Gasteiger partial charge is 0.336 e. The third kappa shape index (κ3) is 2.97. The summed E-state index contributed by atoms with van der Waals surface area (Å²) in [6.07, 6.45) is 6.08. The van der Waals surface area contributed by atoms with Crippen LogP contribution in [0.15, 0.2) is 0 Å². The van der Waals surface area contributed by atoms with E-state index in [2.05, 4.69) is 20.8 Å². The minimum Gasteiger partial charge on any atom is -0.336 e. The quantitative estimate of drug-likeness (QED) is 0.748. The first kappa shape index (κ1) is 13.5. The molecule has 1 amide bonds. The summed E-state index contributed by atoms with van der Waals surface area (Å²) < 4.78 is 0. The summed E-state index contributed by atoms with van der Waals surface area (Å²) in [5.41, 5.74) is 5.94. The van der Waals surface area contributed by atoms with Crippen molar-refractivity contribution in [3.63, 3.8) is 0 Å². The van der Waals surface area contributed by atoms with Gasteiger partial charge in [-0.25, -0.2) is 0 Å². The summed E-state index contributed by atoms with van der Waals surface area (Å²) in [7, 11) is 0. The average molecular weight is 226 g/mol. The van der Waals surface area contributed by atoms with Gasteiger partial charge in [-0.2, -0.15) is 0 Å². The van der Waals surface area contributed by atoms with Crippen molar-refractivity contribution in [1.29, 1.82) is 0 Å². The predicted octanol–water partition coefficient (Wildman–Crippen LogP) is 2.29. The zero-order chi connectivity index (χ0) is 12.2. The topological polar surface area (TPSA) is 46.3 Å². The van der Waals surface area contributed by atoms with Gasteiger partial charge in [0.15, 0.2) is 0 Å². The smallest absolute Gasteiger partial charge is 0.223 e. The summed E-state index contributed by atoms with van der Waals surface area (Å²) >= 11 is 0. The fourth-order valence-electron chi connectivity index (χ4n) is 2.42. The van der Waals surface area contributed by atoms with Gasteiger partial charge in [-0.15, -0.1) is 0 Å². The molecule has 1 rings (SSSR count). The minimum atomic E-state index is -0.165. The van der Waals surface area contributed by atoms with E-state index >= 15 is 0 Å². The van der Waals surface area contributed by atoms with E-state index in [0.29, 0.717) is 6.42 Å². The van der Waals surface area contributed by atoms with Crippen molar-refractivity contribution in [1.82, 2.24) is 4.90 Å². The Kier molecular flexibility index (Phi) is 4.78. The first-order valence-electron chi connectivity index (χ1n) is 6.56. The Morgan fingerprint density at radius 3 is 2.75 bits per heavy atom. The summed E-state index contributed by atoms with van der Waals surface area (Å²) in [5, 5.41) is 0. The van der Waals surface area contributed by atoms with Crippen molar-refractivity contribution in [2.45, 2.75) is 70.9 Å². The second-order valence-electron chi connectivity index (χ2n) is 5.40. The molecule has 3 heteroatoms. The van der Waals surface area contributed by atoms with Crippen LogP contribution in [0.5, 0.6) is 0 Å². The molecule has 2 N–H and O–H groups in total. The van der Waals surface area contributed by atoms with E-state index in [1.165, 1.54) is 0 Å². The Balaban J connectivity index is 2.53. The van der Waals surface area contributed by atoms with E-state index in [0.717, 1.165) is 38.6 Å². The fraction of sp³-hybridized carbons (Fsp3) is 0.923. The van der Waals surface area contributed by atoms with Crippen molar-refractivity contribution in [2.75, 3.05) is 6.54 Å². The zero-order valence-electron chi connectivity index (χ0n) is 11.0. The van der Waals surface area contributed by atoms with Crippen LogP contribution in [0.25, 0.3) is 0 Å². The molecule has 1 unspecified atom stereocenters. The van der Waals surface area contributed by atoms with E-state index in [9.17, 15) is 4.79 Å². The summed E-state index contributed by atoms with van der Waals surface area (Å²) in [4.78, 5) is 14.1. The highest BCUT2D eigenvalue weighted by atomic mass is 16.2. The number of rotatable bonds is 4. The Labute approximate surface area is 99.4 Å². The van der Waals surface area contributed by atoms with Gasteiger partial charge >= 0.3 is 0 Å². The standard InChI is InChI=1S/C13H26N2O/c1-4-5-6-9-12(16)15-10-7-8-11(14)13(15,2)3/h11H,4-10,14H2,1-3H3. The van der Waals surface area contributed by atoms with Gasteiger partial charge in [0, 0.05) is 19.0 Å². The molecule has 1 heterocycles. The maximum absolute atomic E-state index is 12.1. The highest BCUT2D eigenvalue weighted by Gasteiger charge is 2.38. The van der Waals surface area contributed by atoms with E-state index < -0.39 is 0 Å². The van der Waals surface area contributed by atoms with Crippen LogP contribution in [0.3, 0.4) is 0 Å². The van der Waals surface area contributed by atoms with Crippen molar-refractivity contribution in [3.8, 4) is 0 Å². The number of nitrogens with zero attached hydrogens (tertiary/aromatic N) is 1. The first-order chi connectivity index (χ1) is 7.50. The molecule has 1 aliphatic rings. The molecular weight excluding hydrogens is 200 g/mol. The van der Waals surface area contributed by atoms with Crippen molar-refractivity contribution >= 4 is 5.91 Å². The van der Waals surface area contributed by atoms with Crippen LogP contribution in [0.4, 0.5) is 0 Å². The van der Waals surface area contributed by atoms with E-state index in [-0.39, 0.29) is 17.5 Å². The van der Waals surface area contributed by atoms with Gasteiger partial charge in [0.05, 0.1) is 5.54 Å². The minimum absolute atomic E-state index is 0.122. The molecule has 16 heavy (non-hydrogen) atoms. The van der Waals surface area contributed by atoms with Gasteiger partial charge in [-0.3, -0.25) is 4.79 Å². The predicted molar refractivity (Wildman–Crippen MR) is 67.1 cm³/mol. The Hall–Kier alpha value is -0.570. The van der Waals surface area contributed by atoms with Gasteiger partial charge in [0.25, 0.3) is 0 Å². The molecule has 1 atom stereocenters. The molecule has 1 aliphatic heterocycles. The van der Waals surface area contributed by atoms with E-state index in [1.807, 2.05) is 4.90 Å². The van der Waals surface area contributed by atoms with Crippen LogP contribution in [-0.4, -0.2) is 28.9 Å². The number of likely N-dealkylation sites (tertiary alicyclic amines) is 1. The lowest BCUT2D eigenvalue weighted by Gasteiger charge is -2.46. The van der Waals surface area contributed by atoms with Crippen molar-refractivity contribution in [2.24, 2.45) is 5.73 Å². The lowest BCUT2D eigenvalue weighted by atomic mass is 9.85.